The number of fused-ring (bicyclic) bond motifs is 2. The molecular weight excluding hydrogens is 328 g/mol. The minimum Gasteiger partial charge on any atom is -0.326 e. The van der Waals surface area contributed by atoms with E-state index >= 15 is 0 Å². The Morgan fingerprint density at radius 2 is 2.12 bits per heavy atom. The van der Waals surface area contributed by atoms with Gasteiger partial charge in [-0.3, -0.25) is 14.9 Å². The lowest BCUT2D eigenvalue weighted by Gasteiger charge is -2.09. The number of nitrogens with zero attached hydrogens (tertiary/aromatic N) is 2. The van der Waals surface area contributed by atoms with Crippen molar-refractivity contribution in [2.24, 2.45) is 0 Å². The lowest BCUT2D eigenvalue weighted by atomic mass is 10.1. The van der Waals surface area contributed by atoms with Crippen LogP contribution in [0.4, 0.5) is 11.6 Å². The van der Waals surface area contributed by atoms with Gasteiger partial charge in [-0.25, -0.2) is 4.98 Å². The molecular formula is C20H20N4O2. The molecule has 2 heterocycles. The minimum absolute atomic E-state index is 0.00474. The Hall–Kier alpha value is -3.15. The molecule has 0 aliphatic carbocycles. The Morgan fingerprint density at radius 3 is 2.96 bits per heavy atom. The highest BCUT2D eigenvalue weighted by atomic mass is 16.2. The summed E-state index contributed by atoms with van der Waals surface area (Å²) in [7, 11) is 0. The van der Waals surface area contributed by atoms with Crippen LogP contribution in [0, 0.1) is 0 Å². The SMILES string of the molecule is CCCn1c(NC(=O)Cc2ccc3c(c2)NC(=O)C3)nc2ccccc21. The van der Waals surface area contributed by atoms with Crippen molar-refractivity contribution in [2.45, 2.75) is 32.7 Å². The molecule has 6 nitrogen and oxygen atoms in total. The zero-order valence-electron chi connectivity index (χ0n) is 14.6. The van der Waals surface area contributed by atoms with Crippen LogP contribution in [0.5, 0.6) is 0 Å². The zero-order valence-corrected chi connectivity index (χ0v) is 14.6. The second kappa shape index (κ2) is 6.63. The third-order valence-electron chi connectivity index (χ3n) is 4.52. The third kappa shape index (κ3) is 3.06. The zero-order chi connectivity index (χ0) is 18.1. The van der Waals surface area contributed by atoms with Crippen molar-refractivity contribution >= 4 is 34.5 Å². The number of hydrogen-bond donors (Lipinski definition) is 2. The number of nitrogens with one attached hydrogen (secondary N) is 2. The first kappa shape index (κ1) is 16.3. The fraction of sp³-hybridized carbons (Fsp3) is 0.250. The van der Waals surface area contributed by atoms with E-state index in [4.69, 9.17) is 0 Å². The van der Waals surface area contributed by atoms with Crippen molar-refractivity contribution in [1.29, 1.82) is 0 Å². The van der Waals surface area contributed by atoms with E-state index in [1.165, 1.54) is 0 Å². The van der Waals surface area contributed by atoms with Crippen LogP contribution in [0.2, 0.25) is 0 Å². The topological polar surface area (TPSA) is 76.0 Å². The van der Waals surface area contributed by atoms with Crippen LogP contribution in [-0.2, 0) is 29.0 Å². The molecule has 3 aromatic rings. The van der Waals surface area contributed by atoms with Gasteiger partial charge in [-0.05, 0) is 35.7 Å². The molecule has 0 saturated heterocycles. The fourth-order valence-electron chi connectivity index (χ4n) is 3.35. The van der Waals surface area contributed by atoms with Gasteiger partial charge in [-0.1, -0.05) is 31.2 Å². The molecule has 1 aliphatic heterocycles. The summed E-state index contributed by atoms with van der Waals surface area (Å²) in [4.78, 5) is 28.5. The van der Waals surface area contributed by atoms with Crippen molar-refractivity contribution in [3.05, 3.63) is 53.6 Å². The van der Waals surface area contributed by atoms with Crippen LogP contribution in [0.3, 0.4) is 0 Å². The number of imidazole rings is 1. The average molecular weight is 348 g/mol. The van der Waals surface area contributed by atoms with Gasteiger partial charge in [0.15, 0.2) is 0 Å². The van der Waals surface area contributed by atoms with E-state index in [0.717, 1.165) is 40.8 Å². The maximum absolute atomic E-state index is 12.5. The standard InChI is InChI=1S/C20H20N4O2/c1-2-9-24-17-6-4-3-5-15(17)22-20(24)23-18(25)11-13-7-8-14-12-19(26)21-16(14)10-13/h3-8,10H,2,9,11-12H2,1H3,(H,21,26)(H,22,23,25). The Balaban J connectivity index is 1.54. The Bertz CT molecular complexity index is 1010. The summed E-state index contributed by atoms with van der Waals surface area (Å²) < 4.78 is 2.04. The summed E-state index contributed by atoms with van der Waals surface area (Å²) in [5.74, 6) is 0.448. The highest BCUT2D eigenvalue weighted by Gasteiger charge is 2.18. The number of benzene rings is 2. The molecule has 0 saturated carbocycles. The van der Waals surface area contributed by atoms with Crippen molar-refractivity contribution in [3.8, 4) is 0 Å². The third-order valence-corrected chi connectivity index (χ3v) is 4.52. The number of rotatable bonds is 5. The maximum atomic E-state index is 12.5. The molecule has 0 radical (unpaired) electrons. The van der Waals surface area contributed by atoms with Gasteiger partial charge >= 0.3 is 0 Å². The van der Waals surface area contributed by atoms with Gasteiger partial charge < -0.3 is 9.88 Å². The fourth-order valence-corrected chi connectivity index (χ4v) is 3.35. The molecule has 1 aromatic heterocycles. The van der Waals surface area contributed by atoms with E-state index in [9.17, 15) is 9.59 Å². The summed E-state index contributed by atoms with van der Waals surface area (Å²) in [6, 6.07) is 13.5. The van der Waals surface area contributed by atoms with Gasteiger partial charge in [0.25, 0.3) is 0 Å². The number of aryl methyl sites for hydroxylation is 1. The quantitative estimate of drug-likeness (QED) is 0.744. The second-order valence-electron chi connectivity index (χ2n) is 6.52. The number of amides is 2. The molecule has 0 bridgehead atoms. The second-order valence-corrected chi connectivity index (χ2v) is 6.52. The predicted molar refractivity (Wildman–Crippen MR) is 101 cm³/mol. The van der Waals surface area contributed by atoms with Gasteiger partial charge in [0.05, 0.1) is 23.9 Å². The first-order valence-corrected chi connectivity index (χ1v) is 8.81. The largest absolute Gasteiger partial charge is 0.326 e. The van der Waals surface area contributed by atoms with Crippen molar-refractivity contribution in [3.63, 3.8) is 0 Å². The normalized spacial score (nSPS) is 12.9. The van der Waals surface area contributed by atoms with Gasteiger partial charge in [0, 0.05) is 12.2 Å². The van der Waals surface area contributed by atoms with E-state index < -0.39 is 0 Å². The number of hydrogen-bond acceptors (Lipinski definition) is 3. The summed E-state index contributed by atoms with van der Waals surface area (Å²) in [6.45, 7) is 2.89. The number of carbonyl (C=O) groups excluding carboxylic acids is 2. The molecule has 2 amide bonds. The minimum atomic E-state index is -0.123. The maximum Gasteiger partial charge on any atom is 0.231 e. The Labute approximate surface area is 151 Å². The summed E-state index contributed by atoms with van der Waals surface area (Å²) in [5, 5.41) is 5.75. The van der Waals surface area contributed by atoms with E-state index in [0.29, 0.717) is 12.4 Å². The lowest BCUT2D eigenvalue weighted by Crippen LogP contribution is -2.18. The molecule has 2 aromatic carbocycles. The van der Waals surface area contributed by atoms with Crippen molar-refractivity contribution in [1.82, 2.24) is 9.55 Å². The summed E-state index contributed by atoms with van der Waals surface area (Å²) >= 11 is 0. The van der Waals surface area contributed by atoms with Gasteiger partial charge in [-0.2, -0.15) is 0 Å². The number of aromatic nitrogens is 2. The summed E-state index contributed by atoms with van der Waals surface area (Å²) in [6.07, 6.45) is 1.59. The van der Waals surface area contributed by atoms with Crippen LogP contribution in [-0.4, -0.2) is 21.4 Å². The molecule has 0 fully saturated rings. The number of anilines is 2. The van der Waals surface area contributed by atoms with Gasteiger partial charge in [0.1, 0.15) is 0 Å². The molecule has 0 spiro atoms. The van der Waals surface area contributed by atoms with Crippen molar-refractivity contribution < 1.29 is 9.59 Å². The van der Waals surface area contributed by atoms with Gasteiger partial charge in [0.2, 0.25) is 17.8 Å². The predicted octanol–water partition coefficient (Wildman–Crippen LogP) is 3.12. The molecule has 2 N–H and O–H groups in total. The number of carbonyl (C=O) groups is 2. The highest BCUT2D eigenvalue weighted by Crippen LogP contribution is 2.25. The first-order chi connectivity index (χ1) is 12.6. The van der Waals surface area contributed by atoms with Crippen molar-refractivity contribution in [2.75, 3.05) is 10.6 Å². The van der Waals surface area contributed by atoms with Crippen LogP contribution >= 0.6 is 0 Å². The monoisotopic (exact) mass is 348 g/mol. The molecule has 26 heavy (non-hydrogen) atoms. The van der Waals surface area contributed by atoms with Crippen LogP contribution in [0.25, 0.3) is 11.0 Å². The molecule has 0 unspecified atom stereocenters. The Morgan fingerprint density at radius 1 is 1.27 bits per heavy atom. The lowest BCUT2D eigenvalue weighted by molar-refractivity contribution is -0.116. The smallest absolute Gasteiger partial charge is 0.231 e. The van der Waals surface area contributed by atoms with E-state index in [1.54, 1.807) is 0 Å². The molecule has 4 rings (SSSR count). The number of para-hydroxylation sites is 2. The molecule has 132 valence electrons. The molecule has 0 atom stereocenters. The van der Waals surface area contributed by atoms with Crippen LogP contribution in [0.15, 0.2) is 42.5 Å². The molecule has 1 aliphatic rings. The van der Waals surface area contributed by atoms with Crippen LogP contribution in [0.1, 0.15) is 24.5 Å². The molecule has 6 heteroatoms. The summed E-state index contributed by atoms with van der Waals surface area (Å²) in [5.41, 5.74) is 4.53. The van der Waals surface area contributed by atoms with E-state index in [-0.39, 0.29) is 18.2 Å². The van der Waals surface area contributed by atoms with Gasteiger partial charge in [-0.15, -0.1) is 0 Å². The first-order valence-electron chi connectivity index (χ1n) is 8.81. The highest BCUT2D eigenvalue weighted by molar-refractivity contribution is 5.99. The average Bonchev–Trinajstić information content (AvgIpc) is 3.14. The van der Waals surface area contributed by atoms with Crippen LogP contribution < -0.4 is 10.6 Å². The van der Waals surface area contributed by atoms with E-state index in [2.05, 4.69) is 22.5 Å². The Kier molecular flexibility index (Phi) is 4.16. The van der Waals surface area contributed by atoms with E-state index in [1.807, 2.05) is 47.0 Å².